The number of aryl methyl sites for hydroxylation is 1. The van der Waals surface area contributed by atoms with Crippen LogP contribution in [0.3, 0.4) is 0 Å². The van der Waals surface area contributed by atoms with Crippen LogP contribution in [0, 0.1) is 6.92 Å². The molecular formula is C13H12BrNO2S. The first-order chi connectivity index (χ1) is 8.61. The van der Waals surface area contributed by atoms with Gasteiger partial charge in [0.25, 0.3) is 5.91 Å². The third-order valence-electron chi connectivity index (χ3n) is 2.52. The van der Waals surface area contributed by atoms with Gasteiger partial charge in [-0.2, -0.15) is 11.3 Å². The number of nitrogens with one attached hydrogen (secondary N) is 1. The maximum atomic E-state index is 12.1. The van der Waals surface area contributed by atoms with E-state index in [1.54, 1.807) is 13.2 Å². The van der Waals surface area contributed by atoms with Gasteiger partial charge >= 0.3 is 0 Å². The van der Waals surface area contributed by atoms with Crippen LogP contribution in [-0.2, 0) is 0 Å². The highest BCUT2D eigenvalue weighted by atomic mass is 79.9. The van der Waals surface area contributed by atoms with Gasteiger partial charge in [-0.15, -0.1) is 0 Å². The molecule has 0 radical (unpaired) electrons. The topological polar surface area (TPSA) is 38.3 Å². The monoisotopic (exact) mass is 325 g/mol. The minimum absolute atomic E-state index is 0.109. The number of hydrogen-bond donors (Lipinski definition) is 1. The first-order valence-corrected chi connectivity index (χ1v) is 7.03. The van der Waals surface area contributed by atoms with Crippen LogP contribution in [0.2, 0.25) is 0 Å². The predicted octanol–water partition coefficient (Wildman–Crippen LogP) is 4.08. The van der Waals surface area contributed by atoms with E-state index in [-0.39, 0.29) is 5.91 Å². The summed E-state index contributed by atoms with van der Waals surface area (Å²) in [5.41, 5.74) is 2.39. The van der Waals surface area contributed by atoms with Gasteiger partial charge in [0.05, 0.1) is 18.4 Å². The maximum Gasteiger partial charge on any atom is 0.256 e. The molecule has 18 heavy (non-hydrogen) atoms. The molecule has 0 aliphatic heterocycles. The second-order valence-corrected chi connectivity index (χ2v) is 5.37. The van der Waals surface area contributed by atoms with E-state index >= 15 is 0 Å². The van der Waals surface area contributed by atoms with Crippen LogP contribution in [0.15, 0.2) is 33.4 Å². The maximum absolute atomic E-state index is 12.1. The first kappa shape index (κ1) is 13.1. The zero-order valence-corrected chi connectivity index (χ0v) is 12.4. The van der Waals surface area contributed by atoms with E-state index in [1.807, 2.05) is 29.8 Å². The standard InChI is InChI=1S/C13H12BrNO2S/c1-8-6-18-7-10(8)13(16)15-12-5-9(17-2)3-4-11(12)14/h3-7H,1-2H3,(H,15,16). The van der Waals surface area contributed by atoms with Gasteiger partial charge in [-0.05, 0) is 45.9 Å². The molecule has 0 bridgehead atoms. The van der Waals surface area contributed by atoms with Gasteiger partial charge in [0.1, 0.15) is 5.75 Å². The Morgan fingerprint density at radius 2 is 2.17 bits per heavy atom. The fourth-order valence-corrected chi connectivity index (χ4v) is 2.68. The Bertz CT molecular complexity index is 580. The molecule has 1 amide bonds. The molecule has 0 unspecified atom stereocenters. The number of methoxy groups -OCH3 is 1. The number of halogens is 1. The van der Waals surface area contributed by atoms with E-state index in [1.165, 1.54) is 11.3 Å². The molecule has 1 aromatic heterocycles. The zero-order valence-electron chi connectivity index (χ0n) is 9.99. The third-order valence-corrected chi connectivity index (χ3v) is 4.07. The van der Waals surface area contributed by atoms with Crippen molar-refractivity contribution in [3.8, 4) is 5.75 Å². The Balaban J connectivity index is 2.24. The van der Waals surface area contributed by atoms with Gasteiger partial charge in [-0.25, -0.2) is 0 Å². The molecule has 2 aromatic rings. The van der Waals surface area contributed by atoms with Gasteiger partial charge in [0.15, 0.2) is 0 Å². The number of ether oxygens (including phenoxy) is 1. The van der Waals surface area contributed by atoms with Crippen LogP contribution in [0.4, 0.5) is 5.69 Å². The normalized spacial score (nSPS) is 10.2. The summed E-state index contributed by atoms with van der Waals surface area (Å²) in [5.74, 6) is 0.596. The fourth-order valence-electron chi connectivity index (χ4n) is 1.51. The molecule has 1 heterocycles. The summed E-state index contributed by atoms with van der Waals surface area (Å²) in [4.78, 5) is 12.1. The number of anilines is 1. The number of hydrogen-bond acceptors (Lipinski definition) is 3. The third kappa shape index (κ3) is 2.73. The Kier molecular flexibility index (Phi) is 4.04. The van der Waals surface area contributed by atoms with Crippen molar-refractivity contribution in [1.82, 2.24) is 0 Å². The zero-order chi connectivity index (χ0) is 13.1. The molecule has 0 saturated carbocycles. The van der Waals surface area contributed by atoms with Crippen molar-refractivity contribution in [1.29, 1.82) is 0 Å². The Hall–Kier alpha value is -1.33. The highest BCUT2D eigenvalue weighted by Gasteiger charge is 2.12. The van der Waals surface area contributed by atoms with Gasteiger partial charge in [-0.3, -0.25) is 4.79 Å². The summed E-state index contributed by atoms with van der Waals surface area (Å²) in [7, 11) is 1.60. The van der Waals surface area contributed by atoms with E-state index in [2.05, 4.69) is 21.2 Å². The quantitative estimate of drug-likeness (QED) is 0.923. The lowest BCUT2D eigenvalue weighted by molar-refractivity contribution is 0.102. The molecule has 94 valence electrons. The molecule has 0 saturated heterocycles. The number of carbonyl (C=O) groups is 1. The average Bonchev–Trinajstić information content (AvgIpc) is 2.78. The van der Waals surface area contributed by atoms with E-state index in [0.29, 0.717) is 17.0 Å². The van der Waals surface area contributed by atoms with Crippen molar-refractivity contribution in [3.05, 3.63) is 44.6 Å². The summed E-state index contributed by atoms with van der Waals surface area (Å²) in [6.45, 7) is 1.92. The molecule has 0 spiro atoms. The molecule has 0 atom stereocenters. The average molecular weight is 326 g/mol. The lowest BCUT2D eigenvalue weighted by Gasteiger charge is -2.09. The van der Waals surface area contributed by atoms with Crippen molar-refractivity contribution < 1.29 is 9.53 Å². The van der Waals surface area contributed by atoms with Gasteiger partial charge in [0, 0.05) is 15.9 Å². The molecule has 1 N–H and O–H groups in total. The Labute approximate surface area is 118 Å². The number of rotatable bonds is 3. The molecule has 0 aliphatic rings. The van der Waals surface area contributed by atoms with Gasteiger partial charge < -0.3 is 10.1 Å². The van der Waals surface area contributed by atoms with Crippen LogP contribution in [0.25, 0.3) is 0 Å². The lowest BCUT2D eigenvalue weighted by atomic mass is 10.2. The highest BCUT2D eigenvalue weighted by Crippen LogP contribution is 2.28. The summed E-state index contributed by atoms with van der Waals surface area (Å²) >= 11 is 4.92. The molecule has 1 aromatic carbocycles. The van der Waals surface area contributed by atoms with Crippen molar-refractivity contribution in [3.63, 3.8) is 0 Å². The number of thiophene rings is 1. The van der Waals surface area contributed by atoms with Crippen molar-refractivity contribution in [2.24, 2.45) is 0 Å². The molecule has 0 aliphatic carbocycles. The van der Waals surface area contributed by atoms with Crippen LogP contribution in [0.5, 0.6) is 5.75 Å². The van der Waals surface area contributed by atoms with Gasteiger partial charge in [0.2, 0.25) is 0 Å². The van der Waals surface area contributed by atoms with E-state index in [9.17, 15) is 4.79 Å². The molecule has 5 heteroatoms. The molecule has 0 fully saturated rings. The fraction of sp³-hybridized carbons (Fsp3) is 0.154. The van der Waals surface area contributed by atoms with Crippen LogP contribution < -0.4 is 10.1 Å². The number of carbonyl (C=O) groups excluding carboxylic acids is 1. The van der Waals surface area contributed by atoms with Crippen molar-refractivity contribution in [2.75, 3.05) is 12.4 Å². The Morgan fingerprint density at radius 1 is 1.39 bits per heavy atom. The molecule has 3 nitrogen and oxygen atoms in total. The summed E-state index contributed by atoms with van der Waals surface area (Å²) in [6.07, 6.45) is 0. The number of amides is 1. The van der Waals surface area contributed by atoms with Crippen LogP contribution in [-0.4, -0.2) is 13.0 Å². The largest absolute Gasteiger partial charge is 0.497 e. The Morgan fingerprint density at radius 3 is 2.78 bits per heavy atom. The van der Waals surface area contributed by atoms with Crippen molar-refractivity contribution >= 4 is 38.9 Å². The van der Waals surface area contributed by atoms with Crippen LogP contribution in [0.1, 0.15) is 15.9 Å². The van der Waals surface area contributed by atoms with E-state index in [0.717, 1.165) is 10.0 Å². The lowest BCUT2D eigenvalue weighted by Crippen LogP contribution is -2.12. The number of benzene rings is 1. The van der Waals surface area contributed by atoms with Gasteiger partial charge in [-0.1, -0.05) is 0 Å². The smallest absolute Gasteiger partial charge is 0.256 e. The second kappa shape index (κ2) is 5.54. The highest BCUT2D eigenvalue weighted by molar-refractivity contribution is 9.10. The molecule has 2 rings (SSSR count). The summed E-state index contributed by atoms with van der Waals surface area (Å²) in [6, 6.07) is 5.45. The molecular weight excluding hydrogens is 314 g/mol. The van der Waals surface area contributed by atoms with E-state index in [4.69, 9.17) is 4.74 Å². The second-order valence-electron chi connectivity index (χ2n) is 3.77. The van der Waals surface area contributed by atoms with Crippen molar-refractivity contribution in [2.45, 2.75) is 6.92 Å². The first-order valence-electron chi connectivity index (χ1n) is 5.29. The minimum atomic E-state index is -0.109. The SMILES string of the molecule is COc1ccc(Br)c(NC(=O)c2cscc2C)c1. The minimum Gasteiger partial charge on any atom is -0.497 e. The summed E-state index contributed by atoms with van der Waals surface area (Å²) in [5, 5.41) is 6.67. The van der Waals surface area contributed by atoms with Crippen LogP contribution >= 0.6 is 27.3 Å². The van der Waals surface area contributed by atoms with E-state index < -0.39 is 0 Å². The predicted molar refractivity (Wildman–Crippen MR) is 77.7 cm³/mol. The summed E-state index contributed by atoms with van der Waals surface area (Å²) < 4.78 is 5.96.